The SMILES string of the molecule is CC(=O)c1ccc(-n2nc(C)c(CC(=O)O)c2C)cc1. The Morgan fingerprint density at radius 2 is 1.80 bits per heavy atom. The first-order chi connectivity index (χ1) is 9.40. The number of carbonyl (C=O) groups is 2. The Morgan fingerprint density at radius 3 is 2.30 bits per heavy atom. The van der Waals surface area contributed by atoms with Crippen LogP contribution < -0.4 is 0 Å². The highest BCUT2D eigenvalue weighted by molar-refractivity contribution is 5.94. The third kappa shape index (κ3) is 2.61. The Balaban J connectivity index is 2.43. The van der Waals surface area contributed by atoms with Gasteiger partial charge in [0.15, 0.2) is 5.78 Å². The topological polar surface area (TPSA) is 72.2 Å². The van der Waals surface area contributed by atoms with E-state index in [2.05, 4.69) is 5.10 Å². The van der Waals surface area contributed by atoms with Gasteiger partial charge >= 0.3 is 5.97 Å². The van der Waals surface area contributed by atoms with Gasteiger partial charge in [-0.05, 0) is 45.0 Å². The molecular weight excluding hydrogens is 256 g/mol. The lowest BCUT2D eigenvalue weighted by molar-refractivity contribution is -0.136. The number of aliphatic carboxylic acids is 1. The Bertz CT molecular complexity index is 669. The van der Waals surface area contributed by atoms with Gasteiger partial charge in [-0.25, -0.2) is 4.68 Å². The number of rotatable bonds is 4. The lowest BCUT2D eigenvalue weighted by Gasteiger charge is -2.05. The van der Waals surface area contributed by atoms with Gasteiger partial charge in [0.2, 0.25) is 0 Å². The van der Waals surface area contributed by atoms with Crippen molar-refractivity contribution in [1.82, 2.24) is 9.78 Å². The summed E-state index contributed by atoms with van der Waals surface area (Å²) in [6.45, 7) is 5.16. The second-order valence-corrected chi connectivity index (χ2v) is 4.73. The van der Waals surface area contributed by atoms with Crippen LogP contribution >= 0.6 is 0 Å². The maximum Gasteiger partial charge on any atom is 0.307 e. The van der Waals surface area contributed by atoms with Crippen LogP contribution in [0.15, 0.2) is 24.3 Å². The van der Waals surface area contributed by atoms with E-state index >= 15 is 0 Å². The zero-order chi connectivity index (χ0) is 14.9. The molecule has 5 nitrogen and oxygen atoms in total. The summed E-state index contributed by atoms with van der Waals surface area (Å²) in [5, 5.41) is 13.3. The molecule has 0 atom stereocenters. The van der Waals surface area contributed by atoms with Gasteiger partial charge in [-0.15, -0.1) is 0 Å². The van der Waals surface area contributed by atoms with Gasteiger partial charge in [-0.1, -0.05) is 0 Å². The van der Waals surface area contributed by atoms with Gasteiger partial charge in [-0.2, -0.15) is 5.10 Å². The highest BCUT2D eigenvalue weighted by Crippen LogP contribution is 2.19. The zero-order valence-corrected chi connectivity index (χ0v) is 11.7. The van der Waals surface area contributed by atoms with Crippen molar-refractivity contribution in [1.29, 1.82) is 0 Å². The van der Waals surface area contributed by atoms with Crippen LogP contribution in [-0.2, 0) is 11.2 Å². The minimum Gasteiger partial charge on any atom is -0.481 e. The third-order valence-corrected chi connectivity index (χ3v) is 3.29. The molecule has 0 saturated carbocycles. The number of carboxylic acids is 1. The number of benzene rings is 1. The molecule has 0 aliphatic carbocycles. The molecule has 104 valence electrons. The van der Waals surface area contributed by atoms with Crippen LogP contribution in [-0.4, -0.2) is 26.6 Å². The average molecular weight is 272 g/mol. The number of Topliss-reactive ketones (excluding diaryl/α,β-unsaturated/α-hetero) is 1. The Labute approximate surface area is 116 Å². The number of carboxylic acid groups (broad SMARTS) is 1. The molecule has 0 saturated heterocycles. The van der Waals surface area contributed by atoms with E-state index in [0.717, 1.165) is 16.9 Å². The summed E-state index contributed by atoms with van der Waals surface area (Å²) in [5.41, 5.74) is 3.70. The number of hydrogen-bond acceptors (Lipinski definition) is 3. The van der Waals surface area contributed by atoms with Gasteiger partial charge < -0.3 is 5.11 Å². The minimum atomic E-state index is -0.873. The van der Waals surface area contributed by atoms with Crippen LogP contribution in [0.5, 0.6) is 0 Å². The predicted octanol–water partition coefficient (Wildman–Crippen LogP) is 2.32. The fourth-order valence-electron chi connectivity index (χ4n) is 2.17. The Morgan fingerprint density at radius 1 is 1.20 bits per heavy atom. The molecule has 0 radical (unpaired) electrons. The van der Waals surface area contributed by atoms with Crippen molar-refractivity contribution in [3.8, 4) is 5.69 Å². The highest BCUT2D eigenvalue weighted by Gasteiger charge is 2.15. The van der Waals surface area contributed by atoms with Crippen LogP contribution in [0.25, 0.3) is 5.69 Å². The Hall–Kier alpha value is -2.43. The summed E-state index contributed by atoms with van der Waals surface area (Å²) in [6, 6.07) is 7.09. The van der Waals surface area contributed by atoms with Crippen molar-refractivity contribution in [2.75, 3.05) is 0 Å². The Kier molecular flexibility index (Phi) is 3.70. The van der Waals surface area contributed by atoms with Crippen molar-refractivity contribution in [2.45, 2.75) is 27.2 Å². The molecule has 0 unspecified atom stereocenters. The van der Waals surface area contributed by atoms with E-state index in [4.69, 9.17) is 5.11 Å². The van der Waals surface area contributed by atoms with Crippen molar-refractivity contribution in [3.05, 3.63) is 46.8 Å². The molecule has 1 N–H and O–H groups in total. The van der Waals surface area contributed by atoms with Crippen molar-refractivity contribution < 1.29 is 14.7 Å². The minimum absolute atomic E-state index is 0.0106. The molecule has 0 fully saturated rings. The van der Waals surface area contributed by atoms with Crippen molar-refractivity contribution in [3.63, 3.8) is 0 Å². The average Bonchev–Trinajstić information content (AvgIpc) is 2.66. The van der Waals surface area contributed by atoms with Gasteiger partial charge in [0.25, 0.3) is 0 Å². The van der Waals surface area contributed by atoms with Gasteiger partial charge in [0.05, 0.1) is 17.8 Å². The van der Waals surface area contributed by atoms with Crippen LogP contribution in [0.3, 0.4) is 0 Å². The predicted molar refractivity (Wildman–Crippen MR) is 74.4 cm³/mol. The van der Waals surface area contributed by atoms with E-state index in [1.54, 1.807) is 35.9 Å². The van der Waals surface area contributed by atoms with Crippen LogP contribution in [0.1, 0.15) is 34.2 Å². The first-order valence-corrected chi connectivity index (χ1v) is 6.28. The summed E-state index contributed by atoms with van der Waals surface area (Å²) >= 11 is 0. The summed E-state index contributed by atoms with van der Waals surface area (Å²) < 4.78 is 1.71. The fourth-order valence-corrected chi connectivity index (χ4v) is 2.17. The molecule has 1 aromatic carbocycles. The van der Waals surface area contributed by atoms with Crippen LogP contribution in [0.4, 0.5) is 0 Å². The van der Waals surface area contributed by atoms with Crippen LogP contribution in [0, 0.1) is 13.8 Å². The van der Waals surface area contributed by atoms with Gasteiger partial charge in [-0.3, -0.25) is 9.59 Å². The molecule has 5 heteroatoms. The summed E-state index contributed by atoms with van der Waals surface area (Å²) in [5.74, 6) is -0.862. The number of aromatic nitrogens is 2. The smallest absolute Gasteiger partial charge is 0.307 e. The standard InChI is InChI=1S/C15H16N2O3/c1-9-14(8-15(19)20)10(2)17(16-9)13-6-4-12(5-7-13)11(3)18/h4-7H,8H2,1-3H3,(H,19,20). The lowest BCUT2D eigenvalue weighted by atomic mass is 10.1. The molecule has 0 aliphatic rings. The largest absolute Gasteiger partial charge is 0.481 e. The molecular formula is C15H16N2O3. The molecule has 1 aromatic heterocycles. The number of hydrogen-bond donors (Lipinski definition) is 1. The number of carbonyl (C=O) groups excluding carboxylic acids is 1. The summed E-state index contributed by atoms with van der Waals surface area (Å²) in [6.07, 6.45) is -0.0385. The zero-order valence-electron chi connectivity index (χ0n) is 11.7. The lowest BCUT2D eigenvalue weighted by Crippen LogP contribution is -2.04. The number of aryl methyl sites for hydroxylation is 1. The second kappa shape index (κ2) is 5.28. The maximum atomic E-state index is 11.3. The normalized spacial score (nSPS) is 10.6. The first kappa shape index (κ1) is 14.0. The monoisotopic (exact) mass is 272 g/mol. The number of nitrogens with zero attached hydrogens (tertiary/aromatic N) is 2. The summed E-state index contributed by atoms with van der Waals surface area (Å²) in [4.78, 5) is 22.1. The van der Waals surface area contributed by atoms with E-state index in [9.17, 15) is 9.59 Å². The van der Waals surface area contributed by atoms with E-state index < -0.39 is 5.97 Å². The van der Waals surface area contributed by atoms with E-state index in [1.165, 1.54) is 6.92 Å². The molecule has 2 rings (SSSR count). The molecule has 20 heavy (non-hydrogen) atoms. The van der Waals surface area contributed by atoms with Crippen molar-refractivity contribution >= 4 is 11.8 Å². The molecule has 0 bridgehead atoms. The van der Waals surface area contributed by atoms with E-state index in [0.29, 0.717) is 11.3 Å². The first-order valence-electron chi connectivity index (χ1n) is 6.28. The van der Waals surface area contributed by atoms with Crippen LogP contribution in [0.2, 0.25) is 0 Å². The van der Waals surface area contributed by atoms with E-state index in [1.807, 2.05) is 6.92 Å². The van der Waals surface area contributed by atoms with Gasteiger partial charge in [0.1, 0.15) is 0 Å². The number of ketones is 1. The highest BCUT2D eigenvalue weighted by atomic mass is 16.4. The molecule has 0 aliphatic heterocycles. The molecule has 0 amide bonds. The molecule has 2 aromatic rings. The van der Waals surface area contributed by atoms with Gasteiger partial charge in [0, 0.05) is 16.8 Å². The van der Waals surface area contributed by atoms with Crippen molar-refractivity contribution in [2.24, 2.45) is 0 Å². The fraction of sp³-hybridized carbons (Fsp3) is 0.267. The third-order valence-electron chi connectivity index (χ3n) is 3.29. The molecule has 0 spiro atoms. The second-order valence-electron chi connectivity index (χ2n) is 4.73. The quantitative estimate of drug-likeness (QED) is 0.867. The summed E-state index contributed by atoms with van der Waals surface area (Å²) in [7, 11) is 0. The molecule has 1 heterocycles. The van der Waals surface area contributed by atoms with E-state index in [-0.39, 0.29) is 12.2 Å². The maximum absolute atomic E-state index is 11.3.